The van der Waals surface area contributed by atoms with Gasteiger partial charge in [-0.15, -0.1) is 0 Å². The molecule has 3 aromatic rings. The fraction of sp³-hybridized carbons (Fsp3) is 0.188. The monoisotopic (exact) mass is 389 g/mol. The zero-order chi connectivity index (χ0) is 16.0. The van der Waals surface area contributed by atoms with Crippen LogP contribution in [0.1, 0.15) is 11.1 Å². The summed E-state index contributed by atoms with van der Waals surface area (Å²) in [6.45, 7) is 1.58. The van der Waals surface area contributed by atoms with E-state index in [4.69, 9.17) is 17.3 Å². The molecule has 0 saturated carbocycles. The lowest BCUT2D eigenvalue weighted by atomic mass is 9.99. The molecule has 5 nitrogen and oxygen atoms in total. The van der Waals surface area contributed by atoms with E-state index in [1.165, 1.54) is 11.9 Å². The summed E-state index contributed by atoms with van der Waals surface area (Å²) in [7, 11) is 0. The molecule has 0 fully saturated rings. The van der Waals surface area contributed by atoms with Crippen LogP contribution in [0.25, 0.3) is 11.0 Å². The lowest BCUT2D eigenvalue weighted by Gasteiger charge is -2.31. The average molecular weight is 391 g/mol. The Morgan fingerprint density at radius 3 is 2.87 bits per heavy atom. The Kier molecular flexibility index (Phi) is 3.58. The number of benzene rings is 1. The van der Waals surface area contributed by atoms with Gasteiger partial charge >= 0.3 is 0 Å². The minimum absolute atomic E-state index is 0.457. The van der Waals surface area contributed by atoms with Crippen LogP contribution in [0.5, 0.6) is 0 Å². The van der Waals surface area contributed by atoms with E-state index < -0.39 is 0 Å². The molecule has 0 bridgehead atoms. The van der Waals surface area contributed by atoms with Crippen LogP contribution >= 0.6 is 27.5 Å². The second-order valence-electron chi connectivity index (χ2n) is 5.46. The van der Waals surface area contributed by atoms with Crippen molar-refractivity contribution in [3.63, 3.8) is 0 Å². The third-order valence-corrected chi connectivity index (χ3v) is 5.19. The third kappa shape index (κ3) is 2.52. The number of pyridine rings is 1. The number of hydrogen-bond acceptors (Lipinski definition) is 5. The van der Waals surface area contributed by atoms with Gasteiger partial charge in [0, 0.05) is 22.6 Å². The minimum atomic E-state index is 0.457. The van der Waals surface area contributed by atoms with Crippen LogP contribution < -0.4 is 10.6 Å². The van der Waals surface area contributed by atoms with Crippen LogP contribution in [0, 0.1) is 0 Å². The van der Waals surface area contributed by atoms with Gasteiger partial charge < -0.3 is 10.6 Å². The highest BCUT2D eigenvalue weighted by molar-refractivity contribution is 9.10. The van der Waals surface area contributed by atoms with Crippen molar-refractivity contribution in [1.82, 2.24) is 15.0 Å². The van der Waals surface area contributed by atoms with Gasteiger partial charge in [0.1, 0.15) is 18.0 Å². The first kappa shape index (κ1) is 14.7. The van der Waals surface area contributed by atoms with Crippen molar-refractivity contribution in [1.29, 1.82) is 0 Å². The molecule has 0 spiro atoms. The predicted octanol–water partition coefficient (Wildman–Crippen LogP) is 3.59. The summed E-state index contributed by atoms with van der Waals surface area (Å²) in [6.07, 6.45) is 2.44. The normalized spacial score (nSPS) is 14.1. The van der Waals surface area contributed by atoms with Crippen molar-refractivity contribution < 1.29 is 0 Å². The molecule has 4 rings (SSSR count). The number of fused-ring (bicyclic) bond motifs is 2. The van der Waals surface area contributed by atoms with Crippen LogP contribution in [0.2, 0.25) is 5.02 Å². The Balaban J connectivity index is 1.80. The van der Waals surface area contributed by atoms with E-state index in [0.717, 1.165) is 39.2 Å². The summed E-state index contributed by atoms with van der Waals surface area (Å²) in [4.78, 5) is 15.2. The topological polar surface area (TPSA) is 67.9 Å². The number of rotatable bonds is 1. The summed E-state index contributed by atoms with van der Waals surface area (Å²) in [5, 5.41) is 1.69. The molecule has 0 unspecified atom stereocenters. The Morgan fingerprint density at radius 2 is 2.00 bits per heavy atom. The molecule has 3 heterocycles. The Morgan fingerprint density at radius 1 is 1.13 bits per heavy atom. The molecule has 1 aliphatic heterocycles. The number of nitrogens with zero attached hydrogens (tertiary/aromatic N) is 4. The van der Waals surface area contributed by atoms with Gasteiger partial charge in [0.2, 0.25) is 0 Å². The molecule has 116 valence electrons. The second-order valence-corrected chi connectivity index (χ2v) is 6.72. The van der Waals surface area contributed by atoms with E-state index in [1.807, 2.05) is 18.2 Å². The summed E-state index contributed by atoms with van der Waals surface area (Å²) in [5.41, 5.74) is 8.77. The number of halogens is 2. The standard InChI is InChI=1S/C16H13BrClN5/c17-12-2-3-13(18)11-7-23(6-5-9(11)12)16-10-1-4-14(19)22-15(10)20-8-21-16/h1-4,8H,5-7H2,(H2,19,20,21,22). The number of nitrogen functional groups attached to an aromatic ring is 1. The zero-order valence-electron chi connectivity index (χ0n) is 12.1. The maximum Gasteiger partial charge on any atom is 0.166 e. The first-order valence-corrected chi connectivity index (χ1v) is 8.38. The van der Waals surface area contributed by atoms with E-state index in [9.17, 15) is 0 Å². The molecule has 0 saturated heterocycles. The Bertz CT molecular complexity index is 914. The van der Waals surface area contributed by atoms with Crippen LogP contribution in [-0.2, 0) is 13.0 Å². The molecule has 0 aliphatic carbocycles. The minimum Gasteiger partial charge on any atom is -0.384 e. The van der Waals surface area contributed by atoms with E-state index in [1.54, 1.807) is 6.07 Å². The van der Waals surface area contributed by atoms with Crippen molar-refractivity contribution in [3.8, 4) is 0 Å². The van der Waals surface area contributed by atoms with Gasteiger partial charge in [-0.05, 0) is 41.8 Å². The number of anilines is 2. The fourth-order valence-corrected chi connectivity index (χ4v) is 3.78. The van der Waals surface area contributed by atoms with Crippen molar-refractivity contribution in [2.75, 3.05) is 17.2 Å². The Hall–Kier alpha value is -1.92. The first-order valence-electron chi connectivity index (χ1n) is 7.21. The highest BCUT2D eigenvalue weighted by Gasteiger charge is 2.23. The average Bonchev–Trinajstić information content (AvgIpc) is 2.57. The Labute approximate surface area is 146 Å². The zero-order valence-corrected chi connectivity index (χ0v) is 14.5. The van der Waals surface area contributed by atoms with Crippen molar-refractivity contribution >= 4 is 50.2 Å². The van der Waals surface area contributed by atoms with Gasteiger partial charge in [-0.1, -0.05) is 27.5 Å². The van der Waals surface area contributed by atoms with Crippen LogP contribution in [0.15, 0.2) is 35.1 Å². The molecular formula is C16H13BrClN5. The van der Waals surface area contributed by atoms with Crippen LogP contribution in [0.3, 0.4) is 0 Å². The number of aromatic nitrogens is 3. The molecule has 2 aromatic heterocycles. The molecule has 1 aliphatic rings. The molecule has 1 aromatic carbocycles. The molecule has 2 N–H and O–H groups in total. The summed E-state index contributed by atoms with van der Waals surface area (Å²) in [5.74, 6) is 1.32. The van der Waals surface area contributed by atoms with E-state index in [2.05, 4.69) is 35.8 Å². The number of nitrogens with two attached hydrogens (primary N) is 1. The van der Waals surface area contributed by atoms with Gasteiger partial charge in [-0.3, -0.25) is 0 Å². The SMILES string of the molecule is Nc1ccc2c(N3CCc4c(Br)ccc(Cl)c4C3)ncnc2n1. The molecule has 0 radical (unpaired) electrons. The second kappa shape index (κ2) is 5.62. The maximum absolute atomic E-state index is 6.40. The maximum atomic E-state index is 6.40. The van der Waals surface area contributed by atoms with E-state index >= 15 is 0 Å². The quantitative estimate of drug-likeness (QED) is 0.688. The fourth-order valence-electron chi connectivity index (χ4n) is 2.97. The van der Waals surface area contributed by atoms with Crippen molar-refractivity contribution in [3.05, 3.63) is 51.2 Å². The van der Waals surface area contributed by atoms with E-state index in [-0.39, 0.29) is 0 Å². The smallest absolute Gasteiger partial charge is 0.166 e. The summed E-state index contributed by atoms with van der Waals surface area (Å²) in [6, 6.07) is 7.62. The van der Waals surface area contributed by atoms with Gasteiger partial charge in [0.05, 0.1) is 5.39 Å². The first-order chi connectivity index (χ1) is 11.1. The van der Waals surface area contributed by atoms with E-state index in [0.29, 0.717) is 18.0 Å². The largest absolute Gasteiger partial charge is 0.384 e. The van der Waals surface area contributed by atoms with Gasteiger partial charge in [-0.2, -0.15) is 0 Å². The molecule has 23 heavy (non-hydrogen) atoms. The number of hydrogen-bond donors (Lipinski definition) is 1. The van der Waals surface area contributed by atoms with Crippen LogP contribution in [0.4, 0.5) is 11.6 Å². The molecule has 0 atom stereocenters. The summed E-state index contributed by atoms with van der Waals surface area (Å²) >= 11 is 10.0. The highest BCUT2D eigenvalue weighted by atomic mass is 79.9. The van der Waals surface area contributed by atoms with Crippen molar-refractivity contribution in [2.45, 2.75) is 13.0 Å². The van der Waals surface area contributed by atoms with Gasteiger partial charge in [0.15, 0.2) is 5.65 Å². The lowest BCUT2D eigenvalue weighted by molar-refractivity contribution is 0.720. The van der Waals surface area contributed by atoms with Gasteiger partial charge in [0.25, 0.3) is 0 Å². The van der Waals surface area contributed by atoms with Crippen LogP contribution in [-0.4, -0.2) is 21.5 Å². The van der Waals surface area contributed by atoms with Gasteiger partial charge in [-0.25, -0.2) is 15.0 Å². The summed E-state index contributed by atoms with van der Waals surface area (Å²) < 4.78 is 1.11. The van der Waals surface area contributed by atoms with Crippen molar-refractivity contribution in [2.24, 2.45) is 0 Å². The molecular weight excluding hydrogens is 378 g/mol. The molecule has 7 heteroatoms. The predicted molar refractivity (Wildman–Crippen MR) is 95.7 cm³/mol. The lowest BCUT2D eigenvalue weighted by Crippen LogP contribution is -2.31. The highest BCUT2D eigenvalue weighted by Crippen LogP contribution is 2.34. The third-order valence-electron chi connectivity index (χ3n) is 4.09. The molecule has 0 amide bonds.